The van der Waals surface area contributed by atoms with Crippen LogP contribution in [0.3, 0.4) is 0 Å². The summed E-state index contributed by atoms with van der Waals surface area (Å²) >= 11 is 1.73. The van der Waals surface area contributed by atoms with Crippen LogP contribution in [0.15, 0.2) is 60.0 Å². The van der Waals surface area contributed by atoms with Gasteiger partial charge in [0.05, 0.1) is 0 Å². The van der Waals surface area contributed by atoms with Gasteiger partial charge in [-0.05, 0) is 41.5 Å². The summed E-state index contributed by atoms with van der Waals surface area (Å²) < 4.78 is 3.36. The second-order valence-corrected chi connectivity index (χ2v) is 7.16. The van der Waals surface area contributed by atoms with Crippen molar-refractivity contribution in [2.24, 2.45) is 0 Å². The van der Waals surface area contributed by atoms with Gasteiger partial charge in [-0.25, -0.2) is 0 Å². The van der Waals surface area contributed by atoms with Gasteiger partial charge in [-0.15, -0.1) is 11.3 Å². The summed E-state index contributed by atoms with van der Waals surface area (Å²) in [7, 11) is 1.88. The van der Waals surface area contributed by atoms with E-state index in [9.17, 15) is 4.79 Å². The number of aryl methyl sites for hydroxylation is 1. The molecule has 0 saturated carbocycles. The molecule has 0 atom stereocenters. The number of nitrogens with zero attached hydrogens (tertiary/aromatic N) is 2. The van der Waals surface area contributed by atoms with Gasteiger partial charge < -0.3 is 9.47 Å². The third-order valence-corrected chi connectivity index (χ3v) is 5.67. The molecule has 0 bridgehead atoms. The number of hydrogen-bond donors (Lipinski definition) is 0. The number of fused-ring (bicyclic) bond motifs is 2. The van der Waals surface area contributed by atoms with E-state index < -0.39 is 0 Å². The van der Waals surface area contributed by atoms with Gasteiger partial charge in [0, 0.05) is 35.7 Å². The maximum atomic E-state index is 13.1. The Balaban J connectivity index is 1.66. The molecule has 1 amide bonds. The van der Waals surface area contributed by atoms with E-state index in [-0.39, 0.29) is 5.91 Å². The van der Waals surface area contributed by atoms with Gasteiger partial charge in [-0.2, -0.15) is 0 Å². The molecule has 126 valence electrons. The van der Waals surface area contributed by atoms with Crippen LogP contribution in [0.5, 0.6) is 0 Å². The number of benzene rings is 2. The minimum absolute atomic E-state index is 0.0633. The third kappa shape index (κ3) is 2.72. The highest BCUT2D eigenvalue weighted by molar-refractivity contribution is 7.17. The Morgan fingerprint density at radius 1 is 1.12 bits per heavy atom. The molecule has 25 heavy (non-hydrogen) atoms. The van der Waals surface area contributed by atoms with Crippen molar-refractivity contribution in [2.45, 2.75) is 20.0 Å². The summed E-state index contributed by atoms with van der Waals surface area (Å²) in [6, 6.07) is 18.5. The van der Waals surface area contributed by atoms with E-state index in [4.69, 9.17) is 0 Å². The van der Waals surface area contributed by atoms with Gasteiger partial charge in [0.1, 0.15) is 5.69 Å². The summed E-state index contributed by atoms with van der Waals surface area (Å²) in [5, 5.41) is 4.51. The first-order valence-corrected chi connectivity index (χ1v) is 9.36. The van der Waals surface area contributed by atoms with Gasteiger partial charge in [0.15, 0.2) is 0 Å². The summed E-state index contributed by atoms with van der Waals surface area (Å²) in [6.45, 7) is 3.48. The van der Waals surface area contributed by atoms with E-state index in [1.807, 2.05) is 30.1 Å². The quantitative estimate of drug-likeness (QED) is 0.501. The fourth-order valence-electron chi connectivity index (χ4n) is 3.41. The minimum Gasteiger partial charge on any atom is -0.337 e. The molecule has 0 saturated heterocycles. The standard InChI is InChI=1S/C21H20N2OS/c1-3-23-18-10-6-4-8-15(18)12-19(23)21(24)22(2)13-16-14-25-20-11-7-5-9-17(16)20/h4-12,14H,3,13H2,1-2H3. The number of carbonyl (C=O) groups is 1. The number of carbonyl (C=O) groups excluding carboxylic acids is 1. The molecule has 3 nitrogen and oxygen atoms in total. The topological polar surface area (TPSA) is 25.2 Å². The van der Waals surface area contributed by atoms with E-state index in [1.165, 1.54) is 15.6 Å². The van der Waals surface area contributed by atoms with Gasteiger partial charge in [-0.3, -0.25) is 4.79 Å². The molecule has 0 aliphatic heterocycles. The van der Waals surface area contributed by atoms with Crippen LogP contribution in [0.25, 0.3) is 21.0 Å². The van der Waals surface area contributed by atoms with Crippen LogP contribution in [-0.4, -0.2) is 22.4 Å². The van der Waals surface area contributed by atoms with Crippen molar-refractivity contribution >= 4 is 38.2 Å². The minimum atomic E-state index is 0.0633. The molecule has 0 fully saturated rings. The Kier molecular flexibility index (Phi) is 4.06. The van der Waals surface area contributed by atoms with Crippen LogP contribution < -0.4 is 0 Å². The molecule has 0 unspecified atom stereocenters. The number of rotatable bonds is 4. The fourth-order valence-corrected chi connectivity index (χ4v) is 4.36. The third-order valence-electron chi connectivity index (χ3n) is 4.66. The van der Waals surface area contributed by atoms with Gasteiger partial charge >= 0.3 is 0 Å². The van der Waals surface area contributed by atoms with Crippen molar-refractivity contribution in [1.29, 1.82) is 0 Å². The molecular formula is C21H20N2OS. The SMILES string of the molecule is CCn1c(C(=O)N(C)Cc2csc3ccccc23)cc2ccccc21. The molecule has 4 heteroatoms. The highest BCUT2D eigenvalue weighted by Crippen LogP contribution is 2.27. The zero-order valence-electron chi connectivity index (χ0n) is 14.4. The molecule has 0 aliphatic carbocycles. The molecule has 0 spiro atoms. The van der Waals surface area contributed by atoms with Crippen LogP contribution in [0.4, 0.5) is 0 Å². The second-order valence-electron chi connectivity index (χ2n) is 6.25. The molecule has 0 radical (unpaired) electrons. The Morgan fingerprint density at radius 3 is 2.72 bits per heavy atom. The maximum absolute atomic E-state index is 13.1. The van der Waals surface area contributed by atoms with Crippen LogP contribution in [0.2, 0.25) is 0 Å². The average molecular weight is 348 g/mol. The normalized spacial score (nSPS) is 11.3. The first-order valence-electron chi connectivity index (χ1n) is 8.48. The zero-order chi connectivity index (χ0) is 17.4. The Hall–Kier alpha value is -2.59. The number of amides is 1. The lowest BCUT2D eigenvalue weighted by Gasteiger charge is -2.18. The maximum Gasteiger partial charge on any atom is 0.270 e. The van der Waals surface area contributed by atoms with Crippen molar-refractivity contribution in [3.8, 4) is 0 Å². The van der Waals surface area contributed by atoms with Crippen molar-refractivity contribution in [3.05, 3.63) is 71.2 Å². The fraction of sp³-hybridized carbons (Fsp3) is 0.190. The Labute approximate surface area is 151 Å². The molecule has 4 aromatic rings. The first kappa shape index (κ1) is 15.9. The highest BCUT2D eigenvalue weighted by Gasteiger charge is 2.19. The Bertz CT molecular complexity index is 1060. The van der Waals surface area contributed by atoms with E-state index in [1.54, 1.807) is 11.3 Å². The van der Waals surface area contributed by atoms with Crippen molar-refractivity contribution < 1.29 is 4.79 Å². The molecule has 2 aromatic heterocycles. The van der Waals surface area contributed by atoms with Crippen LogP contribution >= 0.6 is 11.3 Å². The van der Waals surface area contributed by atoms with Gasteiger partial charge in [0.2, 0.25) is 0 Å². The molecule has 2 aromatic carbocycles. The summed E-state index contributed by atoms with van der Waals surface area (Å²) in [4.78, 5) is 14.9. The molecule has 0 N–H and O–H groups in total. The van der Waals surface area contributed by atoms with E-state index in [2.05, 4.69) is 53.3 Å². The number of para-hydroxylation sites is 1. The summed E-state index contributed by atoms with van der Waals surface area (Å²) in [5.41, 5.74) is 3.07. The predicted molar refractivity (Wildman–Crippen MR) is 105 cm³/mol. The van der Waals surface area contributed by atoms with Crippen molar-refractivity contribution in [1.82, 2.24) is 9.47 Å². The molecule has 2 heterocycles. The average Bonchev–Trinajstić information content (AvgIpc) is 3.22. The van der Waals surface area contributed by atoms with E-state index >= 15 is 0 Å². The molecule has 4 rings (SSSR count). The molecule has 0 aliphatic rings. The van der Waals surface area contributed by atoms with Crippen LogP contribution in [0, 0.1) is 0 Å². The van der Waals surface area contributed by atoms with Gasteiger partial charge in [-0.1, -0.05) is 36.4 Å². The zero-order valence-corrected chi connectivity index (χ0v) is 15.2. The van der Waals surface area contributed by atoms with Gasteiger partial charge in [0.25, 0.3) is 5.91 Å². The second kappa shape index (κ2) is 6.37. The Morgan fingerprint density at radius 2 is 1.88 bits per heavy atom. The van der Waals surface area contributed by atoms with Crippen LogP contribution in [0.1, 0.15) is 23.0 Å². The predicted octanol–water partition coefficient (Wildman–Crippen LogP) is 5.15. The lowest BCUT2D eigenvalue weighted by molar-refractivity contribution is 0.0775. The van der Waals surface area contributed by atoms with Crippen LogP contribution in [-0.2, 0) is 13.1 Å². The van der Waals surface area contributed by atoms with Crippen molar-refractivity contribution in [2.75, 3.05) is 7.05 Å². The summed E-state index contributed by atoms with van der Waals surface area (Å²) in [5.74, 6) is 0.0633. The first-order chi connectivity index (χ1) is 12.2. The lowest BCUT2D eigenvalue weighted by atomic mass is 10.1. The smallest absolute Gasteiger partial charge is 0.270 e. The van der Waals surface area contributed by atoms with Crippen molar-refractivity contribution in [3.63, 3.8) is 0 Å². The highest BCUT2D eigenvalue weighted by atomic mass is 32.1. The van der Waals surface area contributed by atoms with E-state index in [0.717, 1.165) is 23.1 Å². The number of aromatic nitrogens is 1. The number of thiophene rings is 1. The molecular weight excluding hydrogens is 328 g/mol. The van der Waals surface area contributed by atoms with E-state index in [0.29, 0.717) is 6.54 Å². The summed E-state index contributed by atoms with van der Waals surface area (Å²) in [6.07, 6.45) is 0. The largest absolute Gasteiger partial charge is 0.337 e. The lowest BCUT2D eigenvalue weighted by Crippen LogP contribution is -2.28. The number of hydrogen-bond acceptors (Lipinski definition) is 2. The monoisotopic (exact) mass is 348 g/mol.